The molecule has 1 aliphatic heterocycles. The van der Waals surface area contributed by atoms with Crippen LogP contribution >= 0.6 is 0 Å². The number of rotatable bonds is 4. The first kappa shape index (κ1) is 13.9. The molecule has 1 aromatic rings. The van der Waals surface area contributed by atoms with Crippen molar-refractivity contribution in [3.8, 4) is 0 Å². The van der Waals surface area contributed by atoms with Crippen LogP contribution < -0.4 is 10.6 Å². The fourth-order valence-corrected chi connectivity index (χ4v) is 2.21. The van der Waals surface area contributed by atoms with Crippen molar-refractivity contribution in [2.24, 2.45) is 5.92 Å². The van der Waals surface area contributed by atoms with Crippen LogP contribution in [0.15, 0.2) is 30.3 Å². The number of benzene rings is 1. The molecular formula is C15H22N2O2. The highest BCUT2D eigenvalue weighted by molar-refractivity contribution is 5.67. The summed E-state index contributed by atoms with van der Waals surface area (Å²) in [6.45, 7) is 4.23. The maximum absolute atomic E-state index is 11.6. The summed E-state index contributed by atoms with van der Waals surface area (Å²) in [6, 6.07) is 10.1. The molecule has 0 bridgehead atoms. The van der Waals surface area contributed by atoms with Crippen molar-refractivity contribution < 1.29 is 9.53 Å². The fourth-order valence-electron chi connectivity index (χ4n) is 2.21. The van der Waals surface area contributed by atoms with Gasteiger partial charge in [-0.2, -0.15) is 0 Å². The Morgan fingerprint density at radius 1 is 1.37 bits per heavy atom. The standard InChI is InChI=1S/C15H22N2O2/c1-12-7-8-14(16-9-12)10-17-15(18)19-11-13-5-3-2-4-6-13/h2-6,12,14,16H,7-11H2,1H3,(H,17,18)/t12-,14-/m1/s1. The van der Waals surface area contributed by atoms with Crippen molar-refractivity contribution in [3.63, 3.8) is 0 Å². The topological polar surface area (TPSA) is 50.4 Å². The van der Waals surface area contributed by atoms with Gasteiger partial charge in [0.25, 0.3) is 0 Å². The number of alkyl carbamates (subject to hydrolysis) is 1. The molecule has 4 heteroatoms. The Hall–Kier alpha value is -1.55. The monoisotopic (exact) mass is 262 g/mol. The Bertz CT molecular complexity index is 386. The SMILES string of the molecule is C[C@@H]1CC[C@H](CNC(=O)OCc2ccccc2)NC1. The number of hydrogen-bond acceptors (Lipinski definition) is 3. The molecule has 0 saturated carbocycles. The summed E-state index contributed by atoms with van der Waals surface area (Å²) in [4.78, 5) is 11.6. The lowest BCUT2D eigenvalue weighted by Crippen LogP contribution is -2.45. The molecule has 104 valence electrons. The summed E-state index contributed by atoms with van der Waals surface area (Å²) >= 11 is 0. The zero-order valence-corrected chi connectivity index (χ0v) is 11.4. The molecule has 0 radical (unpaired) electrons. The Balaban J connectivity index is 1.62. The van der Waals surface area contributed by atoms with Gasteiger partial charge in [0.05, 0.1) is 0 Å². The number of amides is 1. The second-order valence-corrected chi connectivity index (χ2v) is 5.23. The third-order valence-corrected chi connectivity index (χ3v) is 3.47. The zero-order valence-electron chi connectivity index (χ0n) is 11.4. The van der Waals surface area contributed by atoms with Crippen LogP contribution in [-0.2, 0) is 11.3 Å². The van der Waals surface area contributed by atoms with Gasteiger partial charge in [-0.15, -0.1) is 0 Å². The molecule has 0 spiro atoms. The Morgan fingerprint density at radius 3 is 2.84 bits per heavy atom. The van der Waals surface area contributed by atoms with Gasteiger partial charge in [0.1, 0.15) is 6.61 Å². The van der Waals surface area contributed by atoms with E-state index in [4.69, 9.17) is 4.74 Å². The van der Waals surface area contributed by atoms with Crippen molar-refractivity contribution in [2.75, 3.05) is 13.1 Å². The van der Waals surface area contributed by atoms with E-state index < -0.39 is 0 Å². The molecule has 19 heavy (non-hydrogen) atoms. The van der Waals surface area contributed by atoms with E-state index in [1.807, 2.05) is 30.3 Å². The molecule has 1 amide bonds. The van der Waals surface area contributed by atoms with Gasteiger partial charge < -0.3 is 15.4 Å². The Kier molecular flexibility index (Phi) is 5.21. The maximum atomic E-state index is 11.6. The van der Waals surface area contributed by atoms with Crippen molar-refractivity contribution in [2.45, 2.75) is 32.4 Å². The molecule has 1 aliphatic rings. The van der Waals surface area contributed by atoms with Crippen LogP contribution in [0.2, 0.25) is 0 Å². The lowest BCUT2D eigenvalue weighted by Gasteiger charge is -2.27. The minimum atomic E-state index is -0.343. The molecule has 0 aliphatic carbocycles. The van der Waals surface area contributed by atoms with Crippen LogP contribution in [0.1, 0.15) is 25.3 Å². The first-order chi connectivity index (χ1) is 9.24. The summed E-state index contributed by atoms with van der Waals surface area (Å²) in [5.74, 6) is 0.737. The van der Waals surface area contributed by atoms with Crippen molar-refractivity contribution in [3.05, 3.63) is 35.9 Å². The van der Waals surface area contributed by atoms with Gasteiger partial charge in [0.2, 0.25) is 0 Å². The van der Waals surface area contributed by atoms with E-state index in [1.165, 1.54) is 6.42 Å². The molecular weight excluding hydrogens is 240 g/mol. The number of hydrogen-bond donors (Lipinski definition) is 2. The van der Waals surface area contributed by atoms with Crippen LogP contribution in [-0.4, -0.2) is 25.2 Å². The van der Waals surface area contributed by atoms with Crippen molar-refractivity contribution >= 4 is 6.09 Å². The molecule has 1 aromatic carbocycles. The van der Waals surface area contributed by atoms with Gasteiger partial charge in [0.15, 0.2) is 0 Å². The van der Waals surface area contributed by atoms with E-state index >= 15 is 0 Å². The smallest absolute Gasteiger partial charge is 0.407 e. The summed E-state index contributed by atoms with van der Waals surface area (Å²) < 4.78 is 5.16. The van der Waals surface area contributed by atoms with Crippen LogP contribution in [0.3, 0.4) is 0 Å². The summed E-state index contributed by atoms with van der Waals surface area (Å²) in [5, 5.41) is 6.24. The lowest BCUT2D eigenvalue weighted by molar-refractivity contribution is 0.137. The highest BCUT2D eigenvalue weighted by Crippen LogP contribution is 2.12. The number of ether oxygens (including phenoxy) is 1. The van der Waals surface area contributed by atoms with E-state index in [2.05, 4.69) is 17.6 Å². The minimum absolute atomic E-state index is 0.321. The molecule has 4 nitrogen and oxygen atoms in total. The third-order valence-electron chi connectivity index (χ3n) is 3.47. The number of nitrogens with one attached hydrogen (secondary N) is 2. The number of carbonyl (C=O) groups is 1. The second kappa shape index (κ2) is 7.14. The quantitative estimate of drug-likeness (QED) is 0.875. The molecule has 2 rings (SSSR count). The van der Waals surface area contributed by atoms with E-state index in [0.717, 1.165) is 24.4 Å². The zero-order chi connectivity index (χ0) is 13.5. The van der Waals surface area contributed by atoms with E-state index in [0.29, 0.717) is 19.2 Å². The summed E-state index contributed by atoms with van der Waals surface area (Å²) in [6.07, 6.45) is 1.99. The van der Waals surface area contributed by atoms with Gasteiger partial charge in [-0.3, -0.25) is 0 Å². The Morgan fingerprint density at radius 2 is 2.16 bits per heavy atom. The minimum Gasteiger partial charge on any atom is -0.445 e. The van der Waals surface area contributed by atoms with Gasteiger partial charge in [0, 0.05) is 12.6 Å². The summed E-state index contributed by atoms with van der Waals surface area (Å²) in [7, 11) is 0. The predicted molar refractivity (Wildman–Crippen MR) is 74.8 cm³/mol. The van der Waals surface area contributed by atoms with Gasteiger partial charge in [-0.05, 0) is 30.9 Å². The molecule has 1 fully saturated rings. The normalized spacial score (nSPS) is 22.8. The predicted octanol–water partition coefficient (Wildman–Crippen LogP) is 2.30. The highest BCUT2D eigenvalue weighted by Gasteiger charge is 2.17. The van der Waals surface area contributed by atoms with E-state index in [9.17, 15) is 4.79 Å². The van der Waals surface area contributed by atoms with Gasteiger partial charge in [-0.1, -0.05) is 37.3 Å². The summed E-state index contributed by atoms with van der Waals surface area (Å²) in [5.41, 5.74) is 1.00. The maximum Gasteiger partial charge on any atom is 0.407 e. The average Bonchev–Trinajstić information content (AvgIpc) is 2.45. The highest BCUT2D eigenvalue weighted by atomic mass is 16.5. The fraction of sp³-hybridized carbons (Fsp3) is 0.533. The molecule has 0 unspecified atom stereocenters. The van der Waals surface area contributed by atoms with Crippen molar-refractivity contribution in [1.29, 1.82) is 0 Å². The first-order valence-electron chi connectivity index (χ1n) is 6.92. The molecule has 2 N–H and O–H groups in total. The molecule has 1 heterocycles. The Labute approximate surface area is 114 Å². The largest absolute Gasteiger partial charge is 0.445 e. The average molecular weight is 262 g/mol. The van der Waals surface area contributed by atoms with Crippen molar-refractivity contribution in [1.82, 2.24) is 10.6 Å². The van der Waals surface area contributed by atoms with E-state index in [-0.39, 0.29) is 6.09 Å². The van der Waals surface area contributed by atoms with Gasteiger partial charge in [-0.25, -0.2) is 4.79 Å². The number of piperidine rings is 1. The molecule has 0 aromatic heterocycles. The van der Waals surface area contributed by atoms with Crippen LogP contribution in [0.5, 0.6) is 0 Å². The molecule has 1 saturated heterocycles. The van der Waals surface area contributed by atoms with Crippen LogP contribution in [0.4, 0.5) is 4.79 Å². The van der Waals surface area contributed by atoms with E-state index in [1.54, 1.807) is 0 Å². The third kappa shape index (κ3) is 4.91. The first-order valence-corrected chi connectivity index (χ1v) is 6.92. The number of carbonyl (C=O) groups excluding carboxylic acids is 1. The second-order valence-electron chi connectivity index (χ2n) is 5.23. The van der Waals surface area contributed by atoms with Gasteiger partial charge >= 0.3 is 6.09 Å². The molecule has 2 atom stereocenters. The lowest BCUT2D eigenvalue weighted by atomic mass is 9.96. The van der Waals surface area contributed by atoms with Crippen LogP contribution in [0.25, 0.3) is 0 Å². The van der Waals surface area contributed by atoms with Crippen LogP contribution in [0, 0.1) is 5.92 Å².